The number of rotatable bonds is 2. The molecule has 4 fully saturated rings. The largest absolute Gasteiger partial charge is 0.388 e. The predicted molar refractivity (Wildman–Crippen MR) is 77.6 cm³/mol. The Hall–Kier alpha value is -1.88. The smallest absolute Gasteiger partial charge is 0.294 e. The summed E-state index contributed by atoms with van der Waals surface area (Å²) in [5.41, 5.74) is 0. The molecule has 0 amide bonds. The molecular formula is C12H20N2O13. The second kappa shape index (κ2) is 9.36. The van der Waals surface area contributed by atoms with Crippen molar-refractivity contribution in [1.82, 2.24) is 0 Å². The van der Waals surface area contributed by atoms with Crippen molar-refractivity contribution in [2.75, 3.05) is 26.4 Å². The van der Waals surface area contributed by atoms with E-state index in [2.05, 4.69) is 4.84 Å². The molecule has 15 heteroatoms. The van der Waals surface area contributed by atoms with Crippen LogP contribution in [0.1, 0.15) is 0 Å². The van der Waals surface area contributed by atoms with Gasteiger partial charge in [0.1, 0.15) is 42.7 Å². The lowest BCUT2D eigenvalue weighted by Gasteiger charge is -2.12. The molecular weight excluding hydrogens is 380 g/mol. The Bertz CT molecular complexity index is 502. The summed E-state index contributed by atoms with van der Waals surface area (Å²) >= 11 is 0. The summed E-state index contributed by atoms with van der Waals surface area (Å²) in [6.45, 7) is 0.805. The first-order valence-corrected chi connectivity index (χ1v) is 7.85. The summed E-state index contributed by atoms with van der Waals surface area (Å²) in [5, 5.41) is 50.4. The summed E-state index contributed by atoms with van der Waals surface area (Å²) in [6.07, 6.45) is -4.11. The van der Waals surface area contributed by atoms with Crippen molar-refractivity contribution in [3.8, 4) is 0 Å². The molecule has 0 radical (unpaired) electrons. The van der Waals surface area contributed by atoms with Gasteiger partial charge in [-0.3, -0.25) is 0 Å². The van der Waals surface area contributed by atoms with Crippen LogP contribution in [0.5, 0.6) is 0 Å². The number of ether oxygens (including phenoxy) is 4. The van der Waals surface area contributed by atoms with Gasteiger partial charge < -0.3 is 44.3 Å². The fourth-order valence-electron chi connectivity index (χ4n) is 3.10. The summed E-state index contributed by atoms with van der Waals surface area (Å²) < 4.78 is 20.3. The van der Waals surface area contributed by atoms with E-state index in [1.807, 2.05) is 0 Å². The molecule has 0 aromatic carbocycles. The molecule has 4 aliphatic heterocycles. The normalized spacial score (nSPS) is 41.4. The minimum Gasteiger partial charge on any atom is -0.388 e. The lowest BCUT2D eigenvalue weighted by atomic mass is 10.1. The van der Waals surface area contributed by atoms with Gasteiger partial charge in [-0.25, -0.2) is 0 Å². The van der Waals surface area contributed by atoms with Crippen molar-refractivity contribution in [3.63, 3.8) is 0 Å². The zero-order chi connectivity index (χ0) is 20.1. The maximum atomic E-state index is 10.0. The third kappa shape index (κ3) is 5.55. The van der Waals surface area contributed by atoms with Crippen LogP contribution in [0.25, 0.3) is 0 Å². The Balaban J connectivity index is 0.000000166. The topological polar surface area (TPSA) is 213 Å². The van der Waals surface area contributed by atoms with E-state index in [0.717, 1.165) is 0 Å². The van der Waals surface area contributed by atoms with Gasteiger partial charge >= 0.3 is 0 Å². The predicted octanol–water partition coefficient (Wildman–Crippen LogP) is -3.12. The van der Waals surface area contributed by atoms with Crippen LogP contribution in [0.3, 0.4) is 0 Å². The Morgan fingerprint density at radius 1 is 0.741 bits per heavy atom. The van der Waals surface area contributed by atoms with Crippen LogP contribution in [-0.4, -0.2) is 106 Å². The van der Waals surface area contributed by atoms with Gasteiger partial charge in [0, 0.05) is 0 Å². The molecule has 4 saturated heterocycles. The van der Waals surface area contributed by atoms with Gasteiger partial charge in [0.05, 0.1) is 26.4 Å². The van der Waals surface area contributed by atoms with E-state index in [9.17, 15) is 15.2 Å². The zero-order valence-corrected chi connectivity index (χ0v) is 13.8. The van der Waals surface area contributed by atoms with Crippen LogP contribution in [0.15, 0.2) is 0 Å². The molecule has 0 aliphatic carbocycles. The number of aliphatic hydroxyl groups excluding tert-OH is 3. The Labute approximate surface area is 151 Å². The molecule has 156 valence electrons. The fourth-order valence-corrected chi connectivity index (χ4v) is 3.10. The molecule has 8 atom stereocenters. The van der Waals surface area contributed by atoms with Gasteiger partial charge in [-0.05, 0) is 0 Å². The number of hydrogen-bond donors (Lipinski definition) is 4. The van der Waals surface area contributed by atoms with Gasteiger partial charge in [0.15, 0.2) is 6.10 Å². The number of fused-ring (bicyclic) bond motifs is 2. The molecule has 0 aromatic heterocycles. The Morgan fingerprint density at radius 2 is 1.07 bits per heavy atom. The molecule has 4 aliphatic rings. The molecule has 0 spiro atoms. The molecule has 15 nitrogen and oxygen atoms in total. The fraction of sp³-hybridized carbons (Fsp3) is 1.00. The third-order valence-corrected chi connectivity index (χ3v) is 4.20. The number of hydrogen-bond acceptors (Lipinski definition) is 12. The van der Waals surface area contributed by atoms with Crippen molar-refractivity contribution in [1.29, 1.82) is 0 Å². The first-order valence-electron chi connectivity index (χ1n) is 7.85. The molecule has 4 rings (SSSR count). The minimum atomic E-state index is -1.50. The Kier molecular flexibility index (Phi) is 7.42. The number of nitrogens with zero attached hydrogens (tertiary/aromatic N) is 2. The van der Waals surface area contributed by atoms with Crippen molar-refractivity contribution in [3.05, 3.63) is 20.2 Å². The van der Waals surface area contributed by atoms with Crippen molar-refractivity contribution in [2.45, 2.75) is 48.8 Å². The van der Waals surface area contributed by atoms with Gasteiger partial charge in [-0.1, -0.05) is 0 Å². The van der Waals surface area contributed by atoms with Gasteiger partial charge in [0.25, 0.3) is 10.2 Å². The van der Waals surface area contributed by atoms with E-state index in [1.165, 1.54) is 0 Å². The Morgan fingerprint density at radius 3 is 1.48 bits per heavy atom. The average Bonchev–Trinajstić information content (AvgIpc) is 3.29. The van der Waals surface area contributed by atoms with E-state index < -0.39 is 46.8 Å². The molecule has 0 bridgehead atoms. The van der Waals surface area contributed by atoms with E-state index in [1.54, 1.807) is 0 Å². The lowest BCUT2D eigenvalue weighted by molar-refractivity contribution is -0.769. The SMILES string of the molecule is O=[N+]([O-])O.O=[N+]([O-])O[C@@H]1CO[C@H]2[C@@H]1OC[C@@H]2O.O[C@@H]1CO[C@H]2[C@@H]1OC[C@@H]2O. The molecule has 0 unspecified atom stereocenters. The van der Waals surface area contributed by atoms with Crippen molar-refractivity contribution >= 4 is 0 Å². The first-order chi connectivity index (χ1) is 12.7. The van der Waals surface area contributed by atoms with E-state index in [-0.39, 0.29) is 38.6 Å². The number of aliphatic hydroxyl groups is 3. The van der Waals surface area contributed by atoms with Crippen LogP contribution in [-0.2, 0) is 23.8 Å². The second-order valence-corrected chi connectivity index (χ2v) is 6.00. The molecule has 0 saturated carbocycles. The summed E-state index contributed by atoms with van der Waals surface area (Å²) in [4.78, 5) is 22.7. The maximum absolute atomic E-state index is 10.0. The highest BCUT2D eigenvalue weighted by Crippen LogP contribution is 2.28. The van der Waals surface area contributed by atoms with Gasteiger partial charge in [-0.2, -0.15) is 0 Å². The third-order valence-electron chi connectivity index (χ3n) is 4.20. The highest BCUT2D eigenvalue weighted by Gasteiger charge is 2.49. The summed E-state index contributed by atoms with van der Waals surface area (Å²) in [5.74, 6) is 0. The van der Waals surface area contributed by atoms with E-state index in [4.69, 9.17) is 44.5 Å². The van der Waals surface area contributed by atoms with Crippen LogP contribution in [0, 0.1) is 20.2 Å². The summed E-state index contributed by atoms with van der Waals surface area (Å²) in [7, 11) is 0. The van der Waals surface area contributed by atoms with Crippen molar-refractivity contribution in [2.24, 2.45) is 0 Å². The first kappa shape index (κ1) is 21.4. The second-order valence-electron chi connectivity index (χ2n) is 6.00. The minimum absolute atomic E-state index is 0.0906. The molecule has 0 aromatic rings. The van der Waals surface area contributed by atoms with Crippen LogP contribution < -0.4 is 0 Å². The zero-order valence-electron chi connectivity index (χ0n) is 13.8. The van der Waals surface area contributed by atoms with Crippen LogP contribution in [0.2, 0.25) is 0 Å². The standard InChI is InChI=1S/C6H9NO6.C6H10O4.HNO3/c8-3-1-11-6-4(13-7(9)10)2-12-5(3)6;7-3-1-9-6-4(8)2-10-5(3)6;2-1(3)4/h3-6,8H,1-2H2;3-8H,1-2H2;(H,2,3,4)/t3-,4+,5+,6+;3-,4+,5-,6-;/m01./s1. The monoisotopic (exact) mass is 400 g/mol. The molecule has 4 N–H and O–H groups in total. The summed E-state index contributed by atoms with van der Waals surface area (Å²) in [6, 6.07) is 0. The lowest BCUT2D eigenvalue weighted by Crippen LogP contribution is -2.33. The van der Waals surface area contributed by atoms with Crippen LogP contribution >= 0.6 is 0 Å². The van der Waals surface area contributed by atoms with E-state index in [0.29, 0.717) is 0 Å². The van der Waals surface area contributed by atoms with Crippen molar-refractivity contribution < 1.29 is 54.5 Å². The van der Waals surface area contributed by atoms with Gasteiger partial charge in [-0.15, -0.1) is 20.2 Å². The average molecular weight is 400 g/mol. The quantitative estimate of drug-likeness (QED) is 0.267. The molecule has 4 heterocycles. The molecule has 27 heavy (non-hydrogen) atoms. The highest BCUT2D eigenvalue weighted by atomic mass is 17.0. The van der Waals surface area contributed by atoms with E-state index >= 15 is 0 Å². The van der Waals surface area contributed by atoms with Crippen LogP contribution in [0.4, 0.5) is 0 Å². The maximum Gasteiger partial charge on any atom is 0.294 e. The highest BCUT2D eigenvalue weighted by molar-refractivity contribution is 4.94. The van der Waals surface area contributed by atoms with Gasteiger partial charge in [0.2, 0.25) is 0 Å².